The summed E-state index contributed by atoms with van der Waals surface area (Å²) in [6.45, 7) is 0. The average molecular weight is 366 g/mol. The molecule has 0 spiro atoms. The minimum atomic E-state index is -1.26. The van der Waals surface area contributed by atoms with E-state index in [-0.39, 0.29) is 17.7 Å². The summed E-state index contributed by atoms with van der Waals surface area (Å²) in [5.41, 5.74) is 1.44. The Morgan fingerprint density at radius 1 is 1.15 bits per heavy atom. The van der Waals surface area contributed by atoms with Crippen LogP contribution in [-0.4, -0.2) is 37.9 Å². The number of nitrogens with one attached hydrogen (secondary N) is 1. The maximum Gasteiger partial charge on any atom is 0.326 e. The molecule has 1 amide bonds. The maximum atomic E-state index is 12.3. The van der Waals surface area contributed by atoms with E-state index in [1.807, 2.05) is 6.07 Å². The van der Waals surface area contributed by atoms with E-state index in [2.05, 4.69) is 15.3 Å². The minimum absolute atomic E-state index is 0.0000423. The molecule has 0 radical (unpaired) electrons. The van der Waals surface area contributed by atoms with Crippen molar-refractivity contribution in [3.63, 3.8) is 0 Å². The molecule has 136 valence electrons. The number of nitrogens with zero attached hydrogens (tertiary/aromatic N) is 3. The molecule has 0 bridgehead atoms. The first-order valence-corrected chi connectivity index (χ1v) is 7.93. The average Bonchev–Trinajstić information content (AvgIpc) is 2.67. The van der Waals surface area contributed by atoms with Crippen LogP contribution in [0.15, 0.2) is 54.7 Å². The molecule has 1 heterocycles. The van der Waals surface area contributed by atoms with Gasteiger partial charge in [-0.1, -0.05) is 18.2 Å². The number of carbonyl (C=O) groups is 2. The van der Waals surface area contributed by atoms with Gasteiger partial charge in [-0.05, 0) is 18.2 Å². The van der Waals surface area contributed by atoms with Crippen molar-refractivity contribution >= 4 is 28.6 Å². The summed E-state index contributed by atoms with van der Waals surface area (Å²) in [6.07, 6.45) is 1.38. The Morgan fingerprint density at radius 2 is 1.89 bits per heavy atom. The van der Waals surface area contributed by atoms with E-state index in [0.717, 1.165) is 6.07 Å². The van der Waals surface area contributed by atoms with Crippen molar-refractivity contribution in [1.29, 1.82) is 0 Å². The number of benzene rings is 2. The van der Waals surface area contributed by atoms with Crippen LogP contribution in [0, 0.1) is 10.1 Å². The van der Waals surface area contributed by atoms with Gasteiger partial charge in [0.25, 0.3) is 11.6 Å². The van der Waals surface area contributed by atoms with E-state index in [9.17, 15) is 24.8 Å². The fourth-order valence-corrected chi connectivity index (χ4v) is 2.51. The number of amides is 1. The molecule has 0 fully saturated rings. The number of para-hydroxylation sites is 2. The van der Waals surface area contributed by atoms with Gasteiger partial charge in [-0.2, -0.15) is 0 Å². The van der Waals surface area contributed by atoms with Crippen molar-refractivity contribution in [3.05, 3.63) is 76.1 Å². The number of carboxylic acids is 1. The van der Waals surface area contributed by atoms with E-state index in [0.29, 0.717) is 16.7 Å². The third-order valence-electron chi connectivity index (χ3n) is 3.83. The van der Waals surface area contributed by atoms with E-state index in [1.54, 1.807) is 18.2 Å². The quantitative estimate of drug-likeness (QED) is 0.503. The van der Waals surface area contributed by atoms with Gasteiger partial charge >= 0.3 is 5.97 Å². The summed E-state index contributed by atoms with van der Waals surface area (Å²) in [4.78, 5) is 42.6. The van der Waals surface area contributed by atoms with E-state index in [4.69, 9.17) is 0 Å². The van der Waals surface area contributed by atoms with Crippen molar-refractivity contribution in [2.24, 2.45) is 0 Å². The molecular weight excluding hydrogens is 352 g/mol. The first-order valence-electron chi connectivity index (χ1n) is 7.93. The smallest absolute Gasteiger partial charge is 0.326 e. The van der Waals surface area contributed by atoms with Gasteiger partial charge in [-0.3, -0.25) is 19.9 Å². The van der Waals surface area contributed by atoms with E-state index in [1.165, 1.54) is 24.4 Å². The van der Waals surface area contributed by atoms with Gasteiger partial charge in [0.1, 0.15) is 6.04 Å². The van der Waals surface area contributed by atoms with Gasteiger partial charge in [0.15, 0.2) is 0 Å². The third kappa shape index (κ3) is 4.21. The first-order chi connectivity index (χ1) is 12.9. The summed E-state index contributed by atoms with van der Waals surface area (Å²) >= 11 is 0. The molecule has 2 aromatic carbocycles. The van der Waals surface area contributed by atoms with Crippen molar-refractivity contribution in [2.45, 2.75) is 12.5 Å². The highest BCUT2D eigenvalue weighted by Crippen LogP contribution is 2.14. The number of nitro groups is 1. The number of rotatable bonds is 6. The molecule has 1 atom stereocenters. The molecule has 9 heteroatoms. The van der Waals surface area contributed by atoms with Crippen molar-refractivity contribution < 1.29 is 19.6 Å². The summed E-state index contributed by atoms with van der Waals surface area (Å²) in [6, 6.07) is 10.9. The fraction of sp³-hybridized carbons (Fsp3) is 0.111. The van der Waals surface area contributed by atoms with Crippen molar-refractivity contribution in [2.75, 3.05) is 0 Å². The Kier molecular flexibility index (Phi) is 5.02. The summed E-state index contributed by atoms with van der Waals surface area (Å²) in [7, 11) is 0. The molecule has 0 aliphatic heterocycles. The second-order valence-corrected chi connectivity index (χ2v) is 5.73. The van der Waals surface area contributed by atoms with Gasteiger partial charge in [0.05, 0.1) is 21.7 Å². The molecule has 9 nitrogen and oxygen atoms in total. The van der Waals surface area contributed by atoms with Crippen LogP contribution in [0.25, 0.3) is 11.0 Å². The molecule has 2 N–H and O–H groups in total. The van der Waals surface area contributed by atoms with Gasteiger partial charge < -0.3 is 10.4 Å². The lowest BCUT2D eigenvalue weighted by Crippen LogP contribution is -2.42. The number of aromatic nitrogens is 2. The zero-order valence-corrected chi connectivity index (χ0v) is 13.9. The SMILES string of the molecule is O=C(N[C@@H](Cc1cnc2ccccc2n1)C(=O)O)c1cccc([N+](=O)[O-])c1. The number of hydrogen-bond donors (Lipinski definition) is 2. The highest BCUT2D eigenvalue weighted by Gasteiger charge is 2.23. The molecule has 0 saturated carbocycles. The Hall–Kier alpha value is -3.88. The standard InChI is InChI=1S/C18H14N4O5/c23-17(11-4-3-5-13(8-11)22(26)27)21-16(18(24)25)9-12-10-19-14-6-1-2-7-15(14)20-12/h1-8,10,16H,9H2,(H,21,23)(H,24,25)/t16-/m0/s1. The van der Waals surface area contributed by atoms with Crippen LogP contribution >= 0.6 is 0 Å². The summed E-state index contributed by atoms with van der Waals surface area (Å²) in [5.74, 6) is -1.97. The van der Waals surface area contributed by atoms with E-state index < -0.39 is 22.8 Å². The van der Waals surface area contributed by atoms with Crippen molar-refractivity contribution in [1.82, 2.24) is 15.3 Å². The maximum absolute atomic E-state index is 12.3. The first kappa shape index (κ1) is 17.9. The molecule has 0 aliphatic rings. The second kappa shape index (κ2) is 7.56. The molecule has 27 heavy (non-hydrogen) atoms. The molecule has 3 rings (SSSR count). The summed E-state index contributed by atoms with van der Waals surface area (Å²) < 4.78 is 0. The molecular formula is C18H14N4O5. The lowest BCUT2D eigenvalue weighted by Gasteiger charge is -2.14. The normalized spacial score (nSPS) is 11.7. The zero-order valence-electron chi connectivity index (χ0n) is 13.9. The molecule has 0 saturated heterocycles. The summed E-state index contributed by atoms with van der Waals surface area (Å²) in [5, 5.41) is 22.6. The molecule has 0 aliphatic carbocycles. The Morgan fingerprint density at radius 3 is 2.59 bits per heavy atom. The van der Waals surface area contributed by atoms with Crippen LogP contribution in [0.3, 0.4) is 0 Å². The topological polar surface area (TPSA) is 135 Å². The Balaban J connectivity index is 1.79. The lowest BCUT2D eigenvalue weighted by atomic mass is 10.1. The number of aliphatic carboxylic acids is 1. The predicted octanol–water partition coefficient (Wildman–Crippen LogP) is 1.96. The molecule has 0 unspecified atom stereocenters. The number of hydrogen-bond acceptors (Lipinski definition) is 6. The number of carboxylic acid groups (broad SMARTS) is 1. The van der Waals surface area contributed by atoms with Crippen LogP contribution in [0.5, 0.6) is 0 Å². The molecule has 3 aromatic rings. The van der Waals surface area contributed by atoms with Gasteiger partial charge in [-0.15, -0.1) is 0 Å². The number of fused-ring (bicyclic) bond motifs is 1. The predicted molar refractivity (Wildman–Crippen MR) is 95.2 cm³/mol. The van der Waals surface area contributed by atoms with Crippen LogP contribution in [0.1, 0.15) is 16.1 Å². The Labute approximate surface area is 152 Å². The highest BCUT2D eigenvalue weighted by molar-refractivity contribution is 5.97. The lowest BCUT2D eigenvalue weighted by molar-refractivity contribution is -0.384. The molecule has 1 aromatic heterocycles. The van der Waals surface area contributed by atoms with Gasteiger partial charge in [0.2, 0.25) is 0 Å². The Bertz CT molecular complexity index is 1040. The third-order valence-corrected chi connectivity index (χ3v) is 3.83. The van der Waals surface area contributed by atoms with Gasteiger partial charge in [-0.25, -0.2) is 9.78 Å². The van der Waals surface area contributed by atoms with Crippen LogP contribution in [0.2, 0.25) is 0 Å². The second-order valence-electron chi connectivity index (χ2n) is 5.73. The van der Waals surface area contributed by atoms with Crippen LogP contribution in [-0.2, 0) is 11.2 Å². The number of carbonyl (C=O) groups excluding carboxylic acids is 1. The highest BCUT2D eigenvalue weighted by atomic mass is 16.6. The minimum Gasteiger partial charge on any atom is -0.480 e. The fourth-order valence-electron chi connectivity index (χ4n) is 2.51. The zero-order chi connectivity index (χ0) is 19.4. The number of non-ortho nitro benzene ring substituents is 1. The van der Waals surface area contributed by atoms with Gasteiger partial charge in [0, 0.05) is 30.3 Å². The van der Waals surface area contributed by atoms with Crippen LogP contribution in [0.4, 0.5) is 5.69 Å². The van der Waals surface area contributed by atoms with E-state index >= 15 is 0 Å². The number of nitro benzene ring substituents is 1. The van der Waals surface area contributed by atoms with Crippen LogP contribution < -0.4 is 5.32 Å². The largest absolute Gasteiger partial charge is 0.480 e. The monoisotopic (exact) mass is 366 g/mol. The van der Waals surface area contributed by atoms with Crippen molar-refractivity contribution in [3.8, 4) is 0 Å².